The van der Waals surface area contributed by atoms with Crippen LogP contribution in [0.2, 0.25) is 10.0 Å². The Hall–Kier alpha value is -0.220. The van der Waals surface area contributed by atoms with Crippen molar-refractivity contribution in [1.82, 2.24) is 0 Å². The molecule has 19 heavy (non-hydrogen) atoms. The summed E-state index contributed by atoms with van der Waals surface area (Å²) in [6.45, 7) is -0.155. The smallest absolute Gasteiger partial charge is 0.179 e. The van der Waals surface area contributed by atoms with Crippen LogP contribution in [0.15, 0.2) is 41.5 Å². The van der Waals surface area contributed by atoms with Gasteiger partial charge < -0.3 is 4.74 Å². The summed E-state index contributed by atoms with van der Waals surface area (Å²) in [5.74, 6) is 0.458. The van der Waals surface area contributed by atoms with E-state index in [4.69, 9.17) is 39.5 Å². The third-order valence-corrected chi connectivity index (χ3v) is 4.65. The van der Waals surface area contributed by atoms with Gasteiger partial charge in [-0.3, -0.25) is 0 Å². The molecule has 1 aromatic rings. The molecule has 0 fully saturated rings. The van der Waals surface area contributed by atoms with E-state index in [-0.39, 0.29) is 6.61 Å². The highest BCUT2D eigenvalue weighted by atomic mass is 79.9. The predicted molar refractivity (Wildman–Crippen MR) is 81.6 cm³/mol. The maximum Gasteiger partial charge on any atom is 0.179 e. The molecule has 0 spiro atoms. The SMILES string of the molecule is FC1(COc2ccc(Cl)c(Cl)c2)C=CC(Cl)=CC1Br. The maximum atomic E-state index is 14.6. The van der Waals surface area contributed by atoms with Crippen LogP contribution in [0.1, 0.15) is 0 Å². The maximum absolute atomic E-state index is 14.6. The van der Waals surface area contributed by atoms with E-state index in [9.17, 15) is 4.39 Å². The molecule has 2 rings (SSSR count). The lowest BCUT2D eigenvalue weighted by Crippen LogP contribution is -2.38. The molecule has 0 bridgehead atoms. The van der Waals surface area contributed by atoms with E-state index < -0.39 is 10.5 Å². The Morgan fingerprint density at radius 2 is 2.00 bits per heavy atom. The Bertz CT molecular complexity index is 547. The lowest BCUT2D eigenvalue weighted by molar-refractivity contribution is 0.137. The normalized spacial score (nSPS) is 26.2. The molecule has 2 atom stereocenters. The lowest BCUT2D eigenvalue weighted by atomic mass is 9.98. The van der Waals surface area contributed by atoms with Crippen molar-refractivity contribution in [1.29, 1.82) is 0 Å². The van der Waals surface area contributed by atoms with Crippen molar-refractivity contribution in [2.75, 3.05) is 6.61 Å². The minimum absolute atomic E-state index is 0.155. The lowest BCUT2D eigenvalue weighted by Gasteiger charge is -2.27. The molecular weight excluding hydrogens is 377 g/mol. The third-order valence-electron chi connectivity index (χ3n) is 2.63. The average Bonchev–Trinajstić information content (AvgIpc) is 2.36. The van der Waals surface area contributed by atoms with Gasteiger partial charge in [-0.25, -0.2) is 4.39 Å². The highest BCUT2D eigenvalue weighted by molar-refractivity contribution is 9.09. The number of hydrogen-bond acceptors (Lipinski definition) is 1. The molecule has 0 heterocycles. The van der Waals surface area contributed by atoms with Gasteiger partial charge in [0.2, 0.25) is 0 Å². The molecule has 1 aliphatic carbocycles. The van der Waals surface area contributed by atoms with Gasteiger partial charge in [-0.2, -0.15) is 0 Å². The van der Waals surface area contributed by atoms with Crippen LogP contribution >= 0.6 is 50.7 Å². The van der Waals surface area contributed by atoms with Gasteiger partial charge in [-0.05, 0) is 30.4 Å². The molecule has 2 unspecified atom stereocenters. The van der Waals surface area contributed by atoms with E-state index in [1.165, 1.54) is 12.2 Å². The van der Waals surface area contributed by atoms with Gasteiger partial charge in [-0.15, -0.1) is 0 Å². The van der Waals surface area contributed by atoms with E-state index >= 15 is 0 Å². The monoisotopic (exact) mass is 384 g/mol. The number of rotatable bonds is 3. The molecule has 1 aromatic carbocycles. The van der Waals surface area contributed by atoms with Gasteiger partial charge in [0.25, 0.3) is 0 Å². The molecule has 1 aliphatic rings. The number of allylic oxidation sites excluding steroid dienone is 3. The van der Waals surface area contributed by atoms with Crippen molar-refractivity contribution in [2.24, 2.45) is 0 Å². The molecule has 0 saturated heterocycles. The molecule has 0 amide bonds. The summed E-state index contributed by atoms with van der Waals surface area (Å²) in [5.41, 5.74) is -1.66. The molecule has 0 saturated carbocycles. The number of hydrogen-bond donors (Lipinski definition) is 0. The Kier molecular flexibility index (Phi) is 4.83. The van der Waals surface area contributed by atoms with Crippen LogP contribution in [0.5, 0.6) is 5.75 Å². The summed E-state index contributed by atoms with van der Waals surface area (Å²) < 4.78 is 20.0. The second-order valence-corrected chi connectivity index (χ2v) is 6.32. The molecule has 0 radical (unpaired) electrons. The Morgan fingerprint density at radius 1 is 1.26 bits per heavy atom. The molecule has 0 aromatic heterocycles. The molecule has 1 nitrogen and oxygen atoms in total. The molecule has 0 aliphatic heterocycles. The third kappa shape index (κ3) is 3.66. The van der Waals surface area contributed by atoms with E-state index in [0.29, 0.717) is 20.8 Å². The van der Waals surface area contributed by atoms with Crippen LogP contribution in [0.4, 0.5) is 4.39 Å². The summed E-state index contributed by atoms with van der Waals surface area (Å²) in [6.07, 6.45) is 4.48. The fourth-order valence-corrected chi connectivity index (χ4v) is 2.73. The van der Waals surface area contributed by atoms with Gasteiger partial charge in [0.1, 0.15) is 12.4 Å². The summed E-state index contributed by atoms with van der Waals surface area (Å²) in [5, 5.41) is 1.28. The zero-order chi connectivity index (χ0) is 14.0. The quantitative estimate of drug-likeness (QED) is 0.620. The number of benzene rings is 1. The molecular formula is C13H9BrCl3FO. The Labute approximate surface area is 134 Å². The van der Waals surface area contributed by atoms with Crippen molar-refractivity contribution in [3.8, 4) is 5.75 Å². The molecule has 102 valence electrons. The first-order chi connectivity index (χ1) is 8.90. The Morgan fingerprint density at radius 3 is 2.63 bits per heavy atom. The fourth-order valence-electron chi connectivity index (χ4n) is 1.53. The molecule has 0 N–H and O–H groups in total. The van der Waals surface area contributed by atoms with Gasteiger partial charge >= 0.3 is 0 Å². The number of alkyl halides is 2. The van der Waals surface area contributed by atoms with E-state index in [1.54, 1.807) is 24.3 Å². The first-order valence-corrected chi connectivity index (χ1v) is 7.43. The van der Waals surface area contributed by atoms with E-state index in [0.717, 1.165) is 0 Å². The first kappa shape index (κ1) is 15.2. The summed E-state index contributed by atoms with van der Waals surface area (Å²) in [4.78, 5) is -0.541. The summed E-state index contributed by atoms with van der Waals surface area (Å²) in [6, 6.07) is 4.78. The van der Waals surface area contributed by atoms with Crippen LogP contribution in [0.3, 0.4) is 0 Å². The van der Waals surface area contributed by atoms with Crippen LogP contribution in [-0.2, 0) is 0 Å². The van der Waals surface area contributed by atoms with Gasteiger partial charge in [0.05, 0.1) is 14.9 Å². The van der Waals surface area contributed by atoms with Crippen molar-refractivity contribution in [2.45, 2.75) is 10.5 Å². The van der Waals surface area contributed by atoms with Crippen molar-refractivity contribution in [3.63, 3.8) is 0 Å². The largest absolute Gasteiger partial charge is 0.490 e. The second-order valence-electron chi connectivity index (χ2n) is 4.08. The van der Waals surface area contributed by atoms with Crippen molar-refractivity contribution in [3.05, 3.63) is 51.5 Å². The first-order valence-electron chi connectivity index (χ1n) is 5.38. The fraction of sp³-hybridized carbons (Fsp3) is 0.231. The zero-order valence-electron chi connectivity index (χ0n) is 9.55. The zero-order valence-corrected chi connectivity index (χ0v) is 13.4. The van der Waals surface area contributed by atoms with E-state index in [1.807, 2.05) is 0 Å². The topological polar surface area (TPSA) is 9.23 Å². The average molecular weight is 386 g/mol. The Balaban J connectivity index is 2.06. The van der Waals surface area contributed by atoms with Gasteiger partial charge in [0.15, 0.2) is 5.67 Å². The van der Waals surface area contributed by atoms with E-state index in [2.05, 4.69) is 15.9 Å². The van der Waals surface area contributed by atoms with Crippen molar-refractivity contribution >= 4 is 50.7 Å². The highest BCUT2D eigenvalue weighted by Crippen LogP contribution is 2.33. The minimum atomic E-state index is -1.66. The highest BCUT2D eigenvalue weighted by Gasteiger charge is 2.37. The van der Waals surface area contributed by atoms with Crippen LogP contribution in [-0.4, -0.2) is 17.1 Å². The second kappa shape index (κ2) is 6.04. The summed E-state index contributed by atoms with van der Waals surface area (Å²) in [7, 11) is 0. The summed E-state index contributed by atoms with van der Waals surface area (Å²) >= 11 is 20.7. The van der Waals surface area contributed by atoms with Crippen LogP contribution < -0.4 is 4.74 Å². The predicted octanol–water partition coefficient (Wildman–Crippen LogP) is 5.54. The molecule has 6 heteroatoms. The minimum Gasteiger partial charge on any atom is -0.490 e. The van der Waals surface area contributed by atoms with Crippen LogP contribution in [0, 0.1) is 0 Å². The van der Waals surface area contributed by atoms with Crippen LogP contribution in [0.25, 0.3) is 0 Å². The van der Waals surface area contributed by atoms with Gasteiger partial charge in [0, 0.05) is 11.1 Å². The van der Waals surface area contributed by atoms with Gasteiger partial charge in [-0.1, -0.05) is 50.7 Å². The standard InChI is InChI=1S/C13H9BrCl3FO/c14-12-5-8(15)3-4-13(12,18)7-19-9-1-2-10(16)11(17)6-9/h1-6,12H,7H2. The number of halogens is 5. The number of ether oxygens (including phenoxy) is 1. The van der Waals surface area contributed by atoms with Crippen molar-refractivity contribution < 1.29 is 9.13 Å².